The first kappa shape index (κ1) is 20.3. The topological polar surface area (TPSA) is 46.9 Å². The molecule has 3 aromatic rings. The summed E-state index contributed by atoms with van der Waals surface area (Å²) in [5.74, 6) is 0.440. The molecule has 1 aliphatic rings. The highest BCUT2D eigenvalue weighted by atomic mass is 35.5. The Morgan fingerprint density at radius 1 is 0.966 bits per heavy atom. The van der Waals surface area contributed by atoms with Gasteiger partial charge in [0, 0.05) is 27.8 Å². The van der Waals surface area contributed by atoms with E-state index in [1.807, 2.05) is 22.8 Å². The molecule has 150 valence electrons. The lowest BCUT2D eigenvalue weighted by atomic mass is 9.95. The van der Waals surface area contributed by atoms with Gasteiger partial charge in [-0.1, -0.05) is 54.1 Å². The van der Waals surface area contributed by atoms with Crippen LogP contribution < -0.4 is 5.32 Å². The molecule has 1 aliphatic carbocycles. The summed E-state index contributed by atoms with van der Waals surface area (Å²) in [6.45, 7) is 0. The molecule has 0 spiro atoms. The Morgan fingerprint density at radius 3 is 2.34 bits per heavy atom. The molecule has 4 rings (SSSR count). The molecule has 1 N–H and O–H groups in total. The van der Waals surface area contributed by atoms with E-state index in [0.717, 1.165) is 31.2 Å². The fourth-order valence-corrected chi connectivity index (χ4v) is 4.28. The summed E-state index contributed by atoms with van der Waals surface area (Å²) < 4.78 is 1.82. The van der Waals surface area contributed by atoms with Crippen LogP contribution in [0.25, 0.3) is 17.1 Å². The van der Waals surface area contributed by atoms with Crippen LogP contribution in [0.15, 0.2) is 48.7 Å². The van der Waals surface area contributed by atoms with Gasteiger partial charge in [0.15, 0.2) is 0 Å². The highest BCUT2D eigenvalue weighted by molar-refractivity contribution is 6.35. The zero-order valence-electron chi connectivity index (χ0n) is 15.7. The molecular formula is C22H20Cl3N3O. The molecule has 0 aliphatic heterocycles. The second-order valence-corrected chi connectivity index (χ2v) is 8.51. The van der Waals surface area contributed by atoms with Gasteiger partial charge < -0.3 is 5.32 Å². The first-order valence-corrected chi connectivity index (χ1v) is 10.8. The second-order valence-electron chi connectivity index (χ2n) is 7.23. The summed E-state index contributed by atoms with van der Waals surface area (Å²) in [4.78, 5) is 17.5. The number of hydrogen-bond acceptors (Lipinski definition) is 2. The van der Waals surface area contributed by atoms with Crippen molar-refractivity contribution in [2.24, 2.45) is 0 Å². The Bertz CT molecular complexity index is 1020. The molecule has 0 bridgehead atoms. The van der Waals surface area contributed by atoms with Crippen molar-refractivity contribution in [3.05, 3.63) is 69.4 Å². The summed E-state index contributed by atoms with van der Waals surface area (Å²) in [6, 6.07) is 12.8. The zero-order chi connectivity index (χ0) is 20.4. The van der Waals surface area contributed by atoms with Crippen LogP contribution in [0.4, 0.5) is 0 Å². The first-order chi connectivity index (χ1) is 14.0. The number of rotatable bonds is 4. The van der Waals surface area contributed by atoms with Crippen molar-refractivity contribution in [2.75, 3.05) is 0 Å². The fourth-order valence-electron chi connectivity index (χ4n) is 3.66. The van der Waals surface area contributed by atoms with Gasteiger partial charge in [-0.15, -0.1) is 0 Å². The van der Waals surface area contributed by atoms with Crippen molar-refractivity contribution in [3.63, 3.8) is 0 Å². The highest BCUT2D eigenvalue weighted by Gasteiger charge is 2.21. The maximum Gasteiger partial charge on any atom is 0.271 e. The molecule has 1 aromatic heterocycles. The molecule has 0 radical (unpaired) electrons. The van der Waals surface area contributed by atoms with E-state index in [4.69, 9.17) is 34.8 Å². The van der Waals surface area contributed by atoms with Crippen molar-refractivity contribution in [1.82, 2.24) is 14.9 Å². The van der Waals surface area contributed by atoms with Gasteiger partial charge >= 0.3 is 0 Å². The third-order valence-electron chi connectivity index (χ3n) is 5.15. The zero-order valence-corrected chi connectivity index (χ0v) is 17.9. The number of imidazole rings is 1. The van der Waals surface area contributed by atoms with Crippen molar-refractivity contribution in [2.45, 2.75) is 38.1 Å². The first-order valence-electron chi connectivity index (χ1n) is 9.63. The van der Waals surface area contributed by atoms with Gasteiger partial charge in [0.25, 0.3) is 5.91 Å². The van der Waals surface area contributed by atoms with Crippen LogP contribution in [0.2, 0.25) is 15.1 Å². The molecule has 29 heavy (non-hydrogen) atoms. The predicted octanol–water partition coefficient (Wildman–Crippen LogP) is 6.56. The summed E-state index contributed by atoms with van der Waals surface area (Å²) >= 11 is 18.5. The predicted molar refractivity (Wildman–Crippen MR) is 118 cm³/mol. The van der Waals surface area contributed by atoms with Crippen LogP contribution in [0.5, 0.6) is 0 Å². The number of benzene rings is 2. The normalized spacial score (nSPS) is 14.7. The smallest absolute Gasteiger partial charge is 0.271 e. The van der Waals surface area contributed by atoms with E-state index in [9.17, 15) is 4.79 Å². The van der Waals surface area contributed by atoms with Crippen molar-refractivity contribution >= 4 is 40.7 Å². The van der Waals surface area contributed by atoms with Crippen LogP contribution in [0, 0.1) is 0 Å². The molecular weight excluding hydrogens is 429 g/mol. The largest absolute Gasteiger partial charge is 0.348 e. The van der Waals surface area contributed by atoms with E-state index in [2.05, 4.69) is 10.3 Å². The third kappa shape index (κ3) is 4.61. The quantitative estimate of drug-likeness (QED) is 0.491. The van der Waals surface area contributed by atoms with Crippen molar-refractivity contribution < 1.29 is 4.79 Å². The van der Waals surface area contributed by atoms with Gasteiger partial charge in [-0.25, -0.2) is 4.98 Å². The Labute approximate surface area is 184 Å². The van der Waals surface area contributed by atoms with Crippen LogP contribution >= 0.6 is 34.8 Å². The molecule has 2 aromatic carbocycles. The second kappa shape index (κ2) is 8.78. The highest BCUT2D eigenvalue weighted by Crippen LogP contribution is 2.30. The lowest BCUT2D eigenvalue weighted by Crippen LogP contribution is -2.36. The minimum absolute atomic E-state index is 0.170. The summed E-state index contributed by atoms with van der Waals surface area (Å²) in [6.07, 6.45) is 7.28. The van der Waals surface area contributed by atoms with E-state index >= 15 is 0 Å². The van der Waals surface area contributed by atoms with Gasteiger partial charge in [-0.3, -0.25) is 9.36 Å². The molecule has 1 fully saturated rings. The molecule has 1 heterocycles. The summed E-state index contributed by atoms with van der Waals surface area (Å²) in [5, 5.41) is 4.77. The lowest BCUT2D eigenvalue weighted by molar-refractivity contribution is 0.0923. The van der Waals surface area contributed by atoms with Gasteiger partial charge in [0.1, 0.15) is 11.5 Å². The lowest BCUT2D eigenvalue weighted by Gasteiger charge is -2.22. The van der Waals surface area contributed by atoms with Crippen LogP contribution in [-0.2, 0) is 0 Å². The molecule has 0 saturated heterocycles. The number of carbonyl (C=O) groups excluding carboxylic acids is 1. The molecule has 0 unspecified atom stereocenters. The number of amides is 1. The minimum Gasteiger partial charge on any atom is -0.348 e. The Kier molecular flexibility index (Phi) is 6.14. The monoisotopic (exact) mass is 447 g/mol. The van der Waals surface area contributed by atoms with Gasteiger partial charge in [-0.05, 0) is 55.3 Å². The molecule has 1 saturated carbocycles. The summed E-state index contributed by atoms with van der Waals surface area (Å²) in [5.41, 5.74) is 1.88. The Morgan fingerprint density at radius 2 is 1.66 bits per heavy atom. The third-order valence-corrected chi connectivity index (χ3v) is 5.94. The van der Waals surface area contributed by atoms with Gasteiger partial charge in [0.2, 0.25) is 0 Å². The maximum absolute atomic E-state index is 12.9. The molecule has 7 heteroatoms. The van der Waals surface area contributed by atoms with Crippen molar-refractivity contribution in [3.8, 4) is 17.1 Å². The number of hydrogen-bond donors (Lipinski definition) is 1. The average Bonchev–Trinajstić information content (AvgIpc) is 3.14. The van der Waals surface area contributed by atoms with E-state index < -0.39 is 0 Å². The number of nitrogens with zero attached hydrogens (tertiary/aromatic N) is 2. The number of nitrogens with one attached hydrogen (secondary N) is 1. The molecule has 0 atom stereocenters. The summed E-state index contributed by atoms with van der Waals surface area (Å²) in [7, 11) is 0. The molecule has 4 nitrogen and oxygen atoms in total. The number of halogens is 3. The van der Waals surface area contributed by atoms with E-state index in [-0.39, 0.29) is 11.9 Å². The minimum atomic E-state index is -0.170. The number of aromatic nitrogens is 2. The molecule has 1 amide bonds. The average molecular weight is 449 g/mol. The van der Waals surface area contributed by atoms with Crippen molar-refractivity contribution in [1.29, 1.82) is 0 Å². The van der Waals surface area contributed by atoms with E-state index in [1.54, 1.807) is 30.5 Å². The van der Waals surface area contributed by atoms with Gasteiger partial charge in [-0.2, -0.15) is 0 Å². The van der Waals surface area contributed by atoms with Crippen LogP contribution in [0.3, 0.4) is 0 Å². The number of carbonyl (C=O) groups is 1. The SMILES string of the molecule is O=C(NC1CCCCC1)c1cn(-c2ccc(Cl)cc2Cl)c(-c2ccc(Cl)cc2)n1. The Balaban J connectivity index is 1.73. The van der Waals surface area contributed by atoms with E-state index in [1.165, 1.54) is 6.42 Å². The Hall–Kier alpha value is -2.01. The standard InChI is InChI=1S/C22H20Cl3N3O/c23-15-8-6-14(7-9-15)21-27-19(22(29)26-17-4-2-1-3-5-17)13-28(21)20-11-10-16(24)12-18(20)25/h6-13,17H,1-5H2,(H,26,29). The van der Waals surface area contributed by atoms with Gasteiger partial charge in [0.05, 0.1) is 10.7 Å². The van der Waals surface area contributed by atoms with Crippen LogP contribution in [-0.4, -0.2) is 21.5 Å². The maximum atomic E-state index is 12.9. The fraction of sp³-hybridized carbons (Fsp3) is 0.273. The van der Waals surface area contributed by atoms with E-state index in [0.29, 0.717) is 32.3 Å². The van der Waals surface area contributed by atoms with Crippen LogP contribution in [0.1, 0.15) is 42.6 Å².